The first-order valence-corrected chi connectivity index (χ1v) is 9.95. The van der Waals surface area contributed by atoms with Crippen molar-refractivity contribution in [2.24, 2.45) is 0 Å². The minimum absolute atomic E-state index is 0.0149. The highest BCUT2D eigenvalue weighted by molar-refractivity contribution is 7.90. The van der Waals surface area contributed by atoms with Crippen molar-refractivity contribution in [3.63, 3.8) is 0 Å². The number of sulfone groups is 1. The van der Waals surface area contributed by atoms with E-state index in [1.54, 1.807) is 12.1 Å². The molecule has 1 unspecified atom stereocenters. The molecule has 24 heavy (non-hydrogen) atoms. The van der Waals surface area contributed by atoms with Crippen molar-refractivity contribution in [3.8, 4) is 0 Å². The number of aryl methyl sites for hydroxylation is 1. The van der Waals surface area contributed by atoms with E-state index in [4.69, 9.17) is 5.73 Å². The van der Waals surface area contributed by atoms with Crippen LogP contribution in [-0.4, -0.2) is 24.6 Å². The first-order chi connectivity index (χ1) is 11.3. The summed E-state index contributed by atoms with van der Waals surface area (Å²) in [6.45, 7) is 2.02. The van der Waals surface area contributed by atoms with Crippen molar-refractivity contribution in [1.29, 1.82) is 0 Å². The molecule has 0 saturated heterocycles. The fourth-order valence-corrected chi connectivity index (χ4v) is 3.66. The Balaban J connectivity index is 1.85. The SMILES string of the molecule is CC(Nc1nc(N)nc2c1CCCC2)c1ccc(S(C)(=O)=O)cc1. The summed E-state index contributed by atoms with van der Waals surface area (Å²) in [7, 11) is -3.18. The predicted octanol–water partition coefficient (Wildman–Crippen LogP) is 2.51. The van der Waals surface area contributed by atoms with Crippen LogP contribution in [0.4, 0.5) is 11.8 Å². The normalized spacial score (nSPS) is 15.6. The maximum atomic E-state index is 11.6. The Morgan fingerprint density at radius 3 is 2.46 bits per heavy atom. The van der Waals surface area contributed by atoms with Gasteiger partial charge in [-0.3, -0.25) is 0 Å². The Morgan fingerprint density at radius 2 is 1.79 bits per heavy atom. The molecule has 1 aromatic carbocycles. The number of nitrogen functional groups attached to an aromatic ring is 1. The van der Waals surface area contributed by atoms with E-state index in [0.717, 1.165) is 48.3 Å². The van der Waals surface area contributed by atoms with Crippen LogP contribution in [0, 0.1) is 0 Å². The van der Waals surface area contributed by atoms with Gasteiger partial charge in [0, 0.05) is 17.9 Å². The maximum absolute atomic E-state index is 11.6. The van der Waals surface area contributed by atoms with Gasteiger partial charge in [0.25, 0.3) is 0 Å². The second-order valence-electron chi connectivity index (χ2n) is 6.27. The Kier molecular flexibility index (Phi) is 4.45. The van der Waals surface area contributed by atoms with Crippen molar-refractivity contribution < 1.29 is 8.42 Å². The molecular formula is C17H22N4O2S. The molecule has 128 valence electrons. The van der Waals surface area contributed by atoms with E-state index >= 15 is 0 Å². The van der Waals surface area contributed by atoms with Crippen LogP contribution in [-0.2, 0) is 22.7 Å². The molecule has 0 radical (unpaired) electrons. The number of anilines is 2. The number of rotatable bonds is 4. The van der Waals surface area contributed by atoms with E-state index in [1.807, 2.05) is 19.1 Å². The van der Waals surface area contributed by atoms with Gasteiger partial charge in [0.15, 0.2) is 9.84 Å². The van der Waals surface area contributed by atoms with Gasteiger partial charge < -0.3 is 11.1 Å². The number of nitrogens with two attached hydrogens (primary N) is 1. The molecule has 1 atom stereocenters. The summed E-state index contributed by atoms with van der Waals surface area (Å²) in [6, 6.07) is 6.90. The number of hydrogen-bond donors (Lipinski definition) is 2. The minimum atomic E-state index is -3.18. The summed E-state index contributed by atoms with van der Waals surface area (Å²) in [4.78, 5) is 9.04. The largest absolute Gasteiger partial charge is 0.368 e. The highest BCUT2D eigenvalue weighted by atomic mass is 32.2. The number of aromatic nitrogens is 2. The lowest BCUT2D eigenvalue weighted by atomic mass is 9.96. The number of benzene rings is 1. The zero-order valence-electron chi connectivity index (χ0n) is 13.9. The zero-order valence-corrected chi connectivity index (χ0v) is 14.7. The standard InChI is InChI=1S/C17H22N4O2S/c1-11(12-7-9-13(10-8-12)24(2,22)23)19-16-14-5-3-4-6-15(14)20-17(18)21-16/h7-11H,3-6H2,1-2H3,(H3,18,19,20,21). The van der Waals surface area contributed by atoms with Gasteiger partial charge in [-0.1, -0.05) is 12.1 Å². The van der Waals surface area contributed by atoms with Crippen LogP contribution in [0.3, 0.4) is 0 Å². The van der Waals surface area contributed by atoms with Gasteiger partial charge >= 0.3 is 0 Å². The third-order valence-electron chi connectivity index (χ3n) is 4.36. The summed E-state index contributed by atoms with van der Waals surface area (Å²) >= 11 is 0. The molecule has 0 spiro atoms. The molecule has 3 N–H and O–H groups in total. The predicted molar refractivity (Wildman–Crippen MR) is 94.7 cm³/mol. The zero-order chi connectivity index (χ0) is 17.3. The maximum Gasteiger partial charge on any atom is 0.222 e. The molecule has 0 saturated carbocycles. The molecule has 0 aliphatic heterocycles. The molecule has 0 fully saturated rings. The van der Waals surface area contributed by atoms with E-state index in [2.05, 4.69) is 15.3 Å². The Hall–Kier alpha value is -2.15. The fourth-order valence-electron chi connectivity index (χ4n) is 3.02. The van der Waals surface area contributed by atoms with Gasteiger partial charge in [-0.2, -0.15) is 4.98 Å². The molecule has 3 rings (SSSR count). The van der Waals surface area contributed by atoms with Crippen LogP contribution >= 0.6 is 0 Å². The summed E-state index contributed by atoms with van der Waals surface area (Å²) in [5.41, 5.74) is 9.01. The second kappa shape index (κ2) is 6.39. The highest BCUT2D eigenvalue weighted by Crippen LogP contribution is 2.29. The third-order valence-corrected chi connectivity index (χ3v) is 5.49. The number of nitrogens with zero attached hydrogens (tertiary/aromatic N) is 2. The molecular weight excluding hydrogens is 324 g/mol. The molecule has 1 aliphatic carbocycles. The van der Waals surface area contributed by atoms with E-state index in [1.165, 1.54) is 6.26 Å². The Morgan fingerprint density at radius 1 is 1.12 bits per heavy atom. The van der Waals surface area contributed by atoms with Crippen molar-refractivity contribution >= 4 is 21.6 Å². The third kappa shape index (κ3) is 3.51. The van der Waals surface area contributed by atoms with Crippen LogP contribution in [0.1, 0.15) is 42.6 Å². The average Bonchev–Trinajstić information content (AvgIpc) is 2.54. The Bertz CT molecular complexity index is 848. The number of hydrogen-bond acceptors (Lipinski definition) is 6. The van der Waals surface area contributed by atoms with E-state index in [-0.39, 0.29) is 12.0 Å². The quantitative estimate of drug-likeness (QED) is 0.883. The van der Waals surface area contributed by atoms with Gasteiger partial charge in [0.05, 0.1) is 10.6 Å². The molecule has 0 bridgehead atoms. The Labute approximate surface area is 142 Å². The van der Waals surface area contributed by atoms with E-state index in [9.17, 15) is 8.42 Å². The van der Waals surface area contributed by atoms with E-state index in [0.29, 0.717) is 4.90 Å². The second-order valence-corrected chi connectivity index (χ2v) is 8.29. The van der Waals surface area contributed by atoms with Gasteiger partial charge in [-0.15, -0.1) is 0 Å². The monoisotopic (exact) mass is 346 g/mol. The topological polar surface area (TPSA) is 98.0 Å². The smallest absolute Gasteiger partial charge is 0.222 e. The van der Waals surface area contributed by atoms with Gasteiger partial charge in [0.2, 0.25) is 5.95 Å². The van der Waals surface area contributed by atoms with Crippen LogP contribution in [0.15, 0.2) is 29.2 Å². The van der Waals surface area contributed by atoms with Crippen molar-refractivity contribution in [3.05, 3.63) is 41.1 Å². The average molecular weight is 346 g/mol. The minimum Gasteiger partial charge on any atom is -0.368 e. The first-order valence-electron chi connectivity index (χ1n) is 8.06. The van der Waals surface area contributed by atoms with E-state index < -0.39 is 9.84 Å². The first kappa shape index (κ1) is 16.7. The molecule has 1 aliphatic rings. The summed E-state index contributed by atoms with van der Waals surface area (Å²) in [6.07, 6.45) is 5.36. The van der Waals surface area contributed by atoms with Crippen molar-refractivity contribution in [1.82, 2.24) is 9.97 Å². The van der Waals surface area contributed by atoms with Crippen LogP contribution in [0.2, 0.25) is 0 Å². The molecule has 2 aromatic rings. The van der Waals surface area contributed by atoms with Gasteiger partial charge in [0.1, 0.15) is 5.82 Å². The molecule has 0 amide bonds. The molecule has 6 nitrogen and oxygen atoms in total. The lowest BCUT2D eigenvalue weighted by molar-refractivity contribution is 0.602. The molecule has 1 heterocycles. The van der Waals surface area contributed by atoms with Gasteiger partial charge in [-0.05, 0) is 50.3 Å². The number of nitrogens with one attached hydrogen (secondary N) is 1. The highest BCUT2D eigenvalue weighted by Gasteiger charge is 2.19. The lowest BCUT2D eigenvalue weighted by Crippen LogP contribution is -2.16. The van der Waals surface area contributed by atoms with Crippen LogP contribution in [0.25, 0.3) is 0 Å². The summed E-state index contributed by atoms with van der Waals surface area (Å²) < 4.78 is 23.1. The molecule has 1 aromatic heterocycles. The van der Waals surface area contributed by atoms with Crippen LogP contribution < -0.4 is 11.1 Å². The molecule has 7 heteroatoms. The lowest BCUT2D eigenvalue weighted by Gasteiger charge is -2.22. The van der Waals surface area contributed by atoms with Crippen molar-refractivity contribution in [2.75, 3.05) is 17.3 Å². The van der Waals surface area contributed by atoms with Crippen LogP contribution in [0.5, 0.6) is 0 Å². The summed E-state index contributed by atoms with van der Waals surface area (Å²) in [5.74, 6) is 1.08. The summed E-state index contributed by atoms with van der Waals surface area (Å²) in [5, 5.41) is 3.40. The fraction of sp³-hybridized carbons (Fsp3) is 0.412. The number of fused-ring (bicyclic) bond motifs is 1. The van der Waals surface area contributed by atoms with Gasteiger partial charge in [-0.25, -0.2) is 13.4 Å². The van der Waals surface area contributed by atoms with Crippen molar-refractivity contribution in [2.45, 2.75) is 43.5 Å².